The lowest BCUT2D eigenvalue weighted by Crippen LogP contribution is -2.39. The molecule has 1 aromatic carbocycles. The molecule has 0 radical (unpaired) electrons. The summed E-state index contributed by atoms with van der Waals surface area (Å²) < 4.78 is 6.50. The van der Waals surface area contributed by atoms with Gasteiger partial charge in [-0.05, 0) is 33.6 Å². The maximum absolute atomic E-state index is 12.2. The number of benzene rings is 1. The summed E-state index contributed by atoms with van der Waals surface area (Å²) in [6, 6.07) is 7.62. The minimum atomic E-state index is -0.104. The van der Waals surface area contributed by atoms with E-state index in [1.807, 2.05) is 12.1 Å². The SMILES string of the molecule is O=C(NCc1ccc(Cl)cc1)N1CC[C@@H](Oc2ncc(Br)cn2)C1. The van der Waals surface area contributed by atoms with Gasteiger partial charge in [0, 0.05) is 36.9 Å². The molecule has 1 saturated heterocycles. The van der Waals surface area contributed by atoms with Gasteiger partial charge in [0.1, 0.15) is 6.10 Å². The normalized spacial score (nSPS) is 16.9. The average molecular weight is 412 g/mol. The zero-order valence-electron chi connectivity index (χ0n) is 12.8. The summed E-state index contributed by atoms with van der Waals surface area (Å²) in [7, 11) is 0. The number of ether oxygens (including phenoxy) is 1. The monoisotopic (exact) mass is 410 g/mol. The zero-order valence-corrected chi connectivity index (χ0v) is 15.1. The van der Waals surface area contributed by atoms with E-state index in [1.54, 1.807) is 29.4 Å². The fourth-order valence-corrected chi connectivity index (χ4v) is 2.74. The van der Waals surface area contributed by atoms with E-state index >= 15 is 0 Å². The average Bonchev–Trinajstić information content (AvgIpc) is 3.05. The highest BCUT2D eigenvalue weighted by atomic mass is 79.9. The predicted molar refractivity (Wildman–Crippen MR) is 94.0 cm³/mol. The smallest absolute Gasteiger partial charge is 0.317 e. The molecule has 24 heavy (non-hydrogen) atoms. The molecule has 1 aromatic heterocycles. The Morgan fingerprint density at radius 2 is 2.04 bits per heavy atom. The van der Waals surface area contributed by atoms with Crippen LogP contribution in [-0.2, 0) is 6.54 Å². The molecule has 1 N–H and O–H groups in total. The van der Waals surface area contributed by atoms with Crippen molar-refractivity contribution in [2.24, 2.45) is 0 Å². The summed E-state index contributed by atoms with van der Waals surface area (Å²) in [5, 5.41) is 3.58. The van der Waals surface area contributed by atoms with Crippen molar-refractivity contribution in [1.29, 1.82) is 0 Å². The van der Waals surface area contributed by atoms with Gasteiger partial charge in [0.05, 0.1) is 11.0 Å². The van der Waals surface area contributed by atoms with E-state index in [-0.39, 0.29) is 12.1 Å². The molecular formula is C16H16BrClN4O2. The summed E-state index contributed by atoms with van der Waals surface area (Å²) in [6.07, 6.45) is 3.93. The molecule has 1 aliphatic rings. The first kappa shape index (κ1) is 17.0. The third-order valence-electron chi connectivity index (χ3n) is 3.66. The van der Waals surface area contributed by atoms with Gasteiger partial charge in [-0.15, -0.1) is 0 Å². The Hall–Kier alpha value is -1.86. The molecule has 3 rings (SSSR count). The van der Waals surface area contributed by atoms with E-state index in [2.05, 4.69) is 31.2 Å². The standard InChI is InChI=1S/C16H16BrClN4O2/c17-12-8-19-15(20-9-12)24-14-5-6-22(10-14)16(23)21-7-11-1-3-13(18)4-2-11/h1-4,8-9,14H,5-7,10H2,(H,21,23)/t14-/m1/s1. The second-order valence-corrected chi connectivity index (χ2v) is 6.80. The highest BCUT2D eigenvalue weighted by Crippen LogP contribution is 2.16. The summed E-state index contributed by atoms with van der Waals surface area (Å²) in [4.78, 5) is 22.1. The summed E-state index contributed by atoms with van der Waals surface area (Å²) >= 11 is 9.12. The van der Waals surface area contributed by atoms with Gasteiger partial charge in [-0.1, -0.05) is 23.7 Å². The second kappa shape index (κ2) is 7.81. The maximum Gasteiger partial charge on any atom is 0.317 e. The van der Waals surface area contributed by atoms with Gasteiger partial charge in [-0.2, -0.15) is 0 Å². The number of urea groups is 1. The molecule has 0 aliphatic carbocycles. The van der Waals surface area contributed by atoms with E-state index in [0.29, 0.717) is 30.7 Å². The van der Waals surface area contributed by atoms with Gasteiger partial charge in [0.25, 0.3) is 0 Å². The lowest BCUT2D eigenvalue weighted by Gasteiger charge is -2.17. The van der Waals surface area contributed by atoms with Crippen LogP contribution < -0.4 is 10.1 Å². The Labute approximate surface area is 153 Å². The van der Waals surface area contributed by atoms with Gasteiger partial charge in [0.2, 0.25) is 0 Å². The Balaban J connectivity index is 1.46. The van der Waals surface area contributed by atoms with Crippen LogP contribution in [-0.4, -0.2) is 40.1 Å². The molecule has 1 aliphatic heterocycles. The first-order chi connectivity index (χ1) is 11.6. The van der Waals surface area contributed by atoms with Crippen molar-refractivity contribution >= 4 is 33.6 Å². The highest BCUT2D eigenvalue weighted by Gasteiger charge is 2.28. The van der Waals surface area contributed by atoms with Crippen LogP contribution in [0.1, 0.15) is 12.0 Å². The van der Waals surface area contributed by atoms with Crippen molar-refractivity contribution in [2.45, 2.75) is 19.1 Å². The fraction of sp³-hybridized carbons (Fsp3) is 0.312. The third-order valence-corrected chi connectivity index (χ3v) is 4.32. The molecule has 0 spiro atoms. The Kier molecular flexibility index (Phi) is 5.52. The molecule has 2 heterocycles. The predicted octanol–water partition coefficient (Wildman–Crippen LogP) is 3.26. The molecule has 2 amide bonds. The Morgan fingerprint density at radius 3 is 2.75 bits per heavy atom. The van der Waals surface area contributed by atoms with Gasteiger partial charge in [-0.3, -0.25) is 0 Å². The van der Waals surface area contributed by atoms with Crippen LogP contribution in [0.2, 0.25) is 5.02 Å². The van der Waals surface area contributed by atoms with E-state index < -0.39 is 0 Å². The summed E-state index contributed by atoms with van der Waals surface area (Å²) in [6.45, 7) is 1.63. The molecule has 0 unspecified atom stereocenters. The van der Waals surface area contributed by atoms with Crippen molar-refractivity contribution in [3.05, 3.63) is 51.7 Å². The molecule has 2 aromatic rings. The van der Waals surface area contributed by atoms with E-state index in [4.69, 9.17) is 16.3 Å². The summed E-state index contributed by atoms with van der Waals surface area (Å²) in [5.41, 5.74) is 1.00. The van der Waals surface area contributed by atoms with Crippen LogP contribution in [0.3, 0.4) is 0 Å². The number of hydrogen-bond donors (Lipinski definition) is 1. The van der Waals surface area contributed by atoms with Crippen molar-refractivity contribution in [3.63, 3.8) is 0 Å². The van der Waals surface area contributed by atoms with Gasteiger partial charge < -0.3 is 15.0 Å². The number of carbonyl (C=O) groups excluding carboxylic acids is 1. The van der Waals surface area contributed by atoms with E-state index in [0.717, 1.165) is 16.5 Å². The minimum absolute atomic E-state index is 0.0903. The number of nitrogens with zero attached hydrogens (tertiary/aromatic N) is 3. The fourth-order valence-electron chi connectivity index (χ4n) is 2.41. The molecule has 1 atom stereocenters. The summed E-state index contributed by atoms with van der Waals surface area (Å²) in [5.74, 6) is 0. The molecule has 8 heteroatoms. The number of likely N-dealkylation sites (tertiary alicyclic amines) is 1. The van der Waals surface area contributed by atoms with Gasteiger partial charge in [0.15, 0.2) is 0 Å². The van der Waals surface area contributed by atoms with E-state index in [9.17, 15) is 4.79 Å². The number of carbonyl (C=O) groups is 1. The number of halogens is 2. The van der Waals surface area contributed by atoms with Crippen molar-refractivity contribution < 1.29 is 9.53 Å². The van der Waals surface area contributed by atoms with Crippen LogP contribution in [0.4, 0.5) is 4.79 Å². The zero-order chi connectivity index (χ0) is 16.9. The molecule has 0 bridgehead atoms. The van der Waals surface area contributed by atoms with Crippen LogP contribution in [0, 0.1) is 0 Å². The first-order valence-electron chi connectivity index (χ1n) is 7.51. The molecule has 1 fully saturated rings. The lowest BCUT2D eigenvalue weighted by molar-refractivity contribution is 0.178. The van der Waals surface area contributed by atoms with Crippen molar-refractivity contribution in [2.75, 3.05) is 13.1 Å². The van der Waals surface area contributed by atoms with E-state index in [1.165, 1.54) is 0 Å². The number of amides is 2. The second-order valence-electron chi connectivity index (χ2n) is 5.44. The highest BCUT2D eigenvalue weighted by molar-refractivity contribution is 9.10. The Bertz CT molecular complexity index is 696. The number of nitrogens with one attached hydrogen (secondary N) is 1. The van der Waals surface area contributed by atoms with Gasteiger partial charge in [-0.25, -0.2) is 14.8 Å². The van der Waals surface area contributed by atoms with Crippen LogP contribution in [0.15, 0.2) is 41.1 Å². The number of hydrogen-bond acceptors (Lipinski definition) is 4. The minimum Gasteiger partial charge on any atom is -0.458 e. The first-order valence-corrected chi connectivity index (χ1v) is 8.68. The molecular weight excluding hydrogens is 396 g/mol. The molecule has 126 valence electrons. The maximum atomic E-state index is 12.2. The van der Waals surface area contributed by atoms with Crippen molar-refractivity contribution in [3.8, 4) is 6.01 Å². The quantitative estimate of drug-likeness (QED) is 0.838. The molecule has 0 saturated carbocycles. The van der Waals surface area contributed by atoms with Crippen LogP contribution in [0.5, 0.6) is 6.01 Å². The van der Waals surface area contributed by atoms with Crippen LogP contribution >= 0.6 is 27.5 Å². The largest absolute Gasteiger partial charge is 0.458 e. The third kappa shape index (κ3) is 4.58. The lowest BCUT2D eigenvalue weighted by atomic mass is 10.2. The Morgan fingerprint density at radius 1 is 1.33 bits per heavy atom. The van der Waals surface area contributed by atoms with Crippen LogP contribution in [0.25, 0.3) is 0 Å². The van der Waals surface area contributed by atoms with Gasteiger partial charge >= 0.3 is 12.0 Å². The molecule has 6 nitrogen and oxygen atoms in total. The van der Waals surface area contributed by atoms with Crippen molar-refractivity contribution in [1.82, 2.24) is 20.2 Å². The number of aromatic nitrogens is 2. The topological polar surface area (TPSA) is 67.4 Å². The number of rotatable bonds is 4.